The van der Waals surface area contributed by atoms with E-state index in [1.54, 1.807) is 6.92 Å². The van der Waals surface area contributed by atoms with Gasteiger partial charge in [0.2, 0.25) is 0 Å². The SMILES string of the molecule is [B]c1cc(O)c(O)cc1C. The summed E-state index contributed by atoms with van der Waals surface area (Å²) in [4.78, 5) is 0. The van der Waals surface area contributed by atoms with Gasteiger partial charge in [-0.1, -0.05) is 11.0 Å². The average Bonchev–Trinajstić information content (AvgIpc) is 1.84. The molecule has 3 heteroatoms. The number of hydrogen-bond donors (Lipinski definition) is 2. The zero-order valence-corrected chi connectivity index (χ0v) is 5.63. The van der Waals surface area contributed by atoms with Crippen molar-refractivity contribution < 1.29 is 10.2 Å². The molecule has 0 aromatic heterocycles. The lowest BCUT2D eigenvalue weighted by atomic mass is 9.91. The molecule has 0 bridgehead atoms. The van der Waals surface area contributed by atoms with Gasteiger partial charge in [0.15, 0.2) is 11.5 Å². The second-order valence-corrected chi connectivity index (χ2v) is 2.20. The summed E-state index contributed by atoms with van der Waals surface area (Å²) in [6.07, 6.45) is 0. The Labute approximate surface area is 60.5 Å². The molecule has 0 aliphatic rings. The van der Waals surface area contributed by atoms with Crippen LogP contribution in [0.1, 0.15) is 5.56 Å². The Morgan fingerprint density at radius 3 is 2.20 bits per heavy atom. The van der Waals surface area contributed by atoms with Crippen molar-refractivity contribution in [2.75, 3.05) is 0 Å². The van der Waals surface area contributed by atoms with Gasteiger partial charge in [-0.05, 0) is 19.1 Å². The first kappa shape index (κ1) is 7.00. The van der Waals surface area contributed by atoms with Gasteiger partial charge in [0.05, 0.1) is 0 Å². The maximum atomic E-state index is 8.92. The Morgan fingerprint density at radius 2 is 1.70 bits per heavy atom. The van der Waals surface area contributed by atoms with E-state index in [9.17, 15) is 0 Å². The van der Waals surface area contributed by atoms with Gasteiger partial charge in [-0.3, -0.25) is 0 Å². The van der Waals surface area contributed by atoms with E-state index in [1.807, 2.05) is 0 Å². The molecule has 0 fully saturated rings. The molecule has 0 atom stereocenters. The molecule has 0 spiro atoms. The van der Waals surface area contributed by atoms with E-state index in [4.69, 9.17) is 18.1 Å². The van der Waals surface area contributed by atoms with E-state index in [1.165, 1.54) is 12.1 Å². The lowest BCUT2D eigenvalue weighted by Crippen LogP contribution is -2.05. The van der Waals surface area contributed by atoms with Crippen LogP contribution in [-0.2, 0) is 0 Å². The molecule has 0 amide bonds. The van der Waals surface area contributed by atoms with Gasteiger partial charge in [-0.2, -0.15) is 0 Å². The van der Waals surface area contributed by atoms with E-state index >= 15 is 0 Å². The highest BCUT2D eigenvalue weighted by Crippen LogP contribution is 2.22. The molecule has 0 aliphatic carbocycles. The Bertz CT molecular complexity index is 208. The lowest BCUT2D eigenvalue weighted by Gasteiger charge is -2.02. The predicted octanol–water partition coefficient (Wildman–Crippen LogP) is 0.200. The van der Waals surface area contributed by atoms with Crippen LogP contribution in [0.15, 0.2) is 12.1 Å². The highest BCUT2D eigenvalue weighted by atomic mass is 16.3. The summed E-state index contributed by atoms with van der Waals surface area (Å²) in [5.41, 5.74) is 1.24. The molecule has 2 radical (unpaired) electrons. The van der Waals surface area contributed by atoms with Gasteiger partial charge in [0, 0.05) is 0 Å². The number of benzene rings is 1. The molecule has 2 N–H and O–H groups in total. The van der Waals surface area contributed by atoms with E-state index < -0.39 is 0 Å². The first-order valence-corrected chi connectivity index (χ1v) is 2.89. The van der Waals surface area contributed by atoms with Crippen LogP contribution in [0, 0.1) is 6.92 Å². The molecule has 0 aliphatic heterocycles. The highest BCUT2D eigenvalue weighted by Gasteiger charge is 1.99. The molecule has 1 rings (SSSR count). The second kappa shape index (κ2) is 2.25. The molecular formula is C7H7BO2. The van der Waals surface area contributed by atoms with Gasteiger partial charge < -0.3 is 10.2 Å². The fourth-order valence-electron chi connectivity index (χ4n) is 0.697. The monoisotopic (exact) mass is 134 g/mol. The third-order valence-electron chi connectivity index (χ3n) is 1.36. The number of hydrogen-bond acceptors (Lipinski definition) is 2. The number of aryl methyl sites for hydroxylation is 1. The maximum Gasteiger partial charge on any atom is 0.157 e. The second-order valence-electron chi connectivity index (χ2n) is 2.20. The summed E-state index contributed by atoms with van der Waals surface area (Å²) < 4.78 is 0. The van der Waals surface area contributed by atoms with Gasteiger partial charge >= 0.3 is 0 Å². The first-order chi connectivity index (χ1) is 4.61. The van der Waals surface area contributed by atoms with E-state index in [0.717, 1.165) is 5.56 Å². The normalized spacial score (nSPS) is 9.70. The summed E-state index contributed by atoms with van der Waals surface area (Å²) in [6, 6.07) is 2.75. The van der Waals surface area contributed by atoms with Crippen molar-refractivity contribution in [3.05, 3.63) is 17.7 Å². The quantitative estimate of drug-likeness (QED) is 0.393. The van der Waals surface area contributed by atoms with E-state index in [0.29, 0.717) is 5.46 Å². The van der Waals surface area contributed by atoms with Gasteiger partial charge in [-0.25, -0.2) is 0 Å². The fourth-order valence-corrected chi connectivity index (χ4v) is 0.697. The molecule has 0 unspecified atom stereocenters. The van der Waals surface area contributed by atoms with Crippen LogP contribution >= 0.6 is 0 Å². The van der Waals surface area contributed by atoms with Crippen molar-refractivity contribution in [1.82, 2.24) is 0 Å². The van der Waals surface area contributed by atoms with Crippen molar-refractivity contribution in [3.8, 4) is 11.5 Å². The minimum absolute atomic E-state index is 0.133. The first-order valence-electron chi connectivity index (χ1n) is 2.89. The molecule has 1 aromatic carbocycles. The van der Waals surface area contributed by atoms with Crippen molar-refractivity contribution >= 4 is 13.3 Å². The lowest BCUT2D eigenvalue weighted by molar-refractivity contribution is 0.404. The van der Waals surface area contributed by atoms with Crippen molar-refractivity contribution in [1.29, 1.82) is 0 Å². The number of rotatable bonds is 0. The molecule has 0 saturated heterocycles. The Balaban J connectivity index is 3.28. The Hall–Kier alpha value is -1.12. The largest absolute Gasteiger partial charge is 0.504 e. The minimum atomic E-state index is -0.178. The predicted molar refractivity (Wildman–Crippen MR) is 39.9 cm³/mol. The summed E-state index contributed by atoms with van der Waals surface area (Å²) in [7, 11) is 5.42. The average molecular weight is 134 g/mol. The van der Waals surface area contributed by atoms with Crippen LogP contribution < -0.4 is 5.46 Å². The van der Waals surface area contributed by atoms with Crippen LogP contribution in [0.4, 0.5) is 0 Å². The van der Waals surface area contributed by atoms with Crippen molar-refractivity contribution in [2.45, 2.75) is 6.92 Å². The smallest absolute Gasteiger partial charge is 0.157 e. The third-order valence-corrected chi connectivity index (χ3v) is 1.36. The van der Waals surface area contributed by atoms with Gasteiger partial charge in [0.25, 0.3) is 0 Å². The molecular weight excluding hydrogens is 127 g/mol. The topological polar surface area (TPSA) is 40.5 Å². The van der Waals surface area contributed by atoms with Crippen LogP contribution in [0.2, 0.25) is 0 Å². The maximum absolute atomic E-state index is 8.92. The van der Waals surface area contributed by atoms with Crippen LogP contribution in [0.3, 0.4) is 0 Å². The van der Waals surface area contributed by atoms with Crippen LogP contribution in [0.25, 0.3) is 0 Å². The van der Waals surface area contributed by atoms with Crippen molar-refractivity contribution in [3.63, 3.8) is 0 Å². The molecule has 10 heavy (non-hydrogen) atoms. The zero-order chi connectivity index (χ0) is 7.72. The fraction of sp³-hybridized carbons (Fsp3) is 0.143. The minimum Gasteiger partial charge on any atom is -0.504 e. The third kappa shape index (κ3) is 1.08. The van der Waals surface area contributed by atoms with Gasteiger partial charge in [0.1, 0.15) is 7.85 Å². The molecule has 2 nitrogen and oxygen atoms in total. The summed E-state index contributed by atoms with van der Waals surface area (Å²) in [6.45, 7) is 1.76. The van der Waals surface area contributed by atoms with E-state index in [-0.39, 0.29) is 11.5 Å². The number of phenolic OH excluding ortho intramolecular Hbond substituents is 2. The van der Waals surface area contributed by atoms with Crippen molar-refractivity contribution in [2.24, 2.45) is 0 Å². The summed E-state index contributed by atoms with van der Waals surface area (Å²) in [5, 5.41) is 17.8. The molecule has 0 saturated carbocycles. The molecule has 50 valence electrons. The zero-order valence-electron chi connectivity index (χ0n) is 5.63. The Kier molecular flexibility index (Phi) is 1.58. The summed E-state index contributed by atoms with van der Waals surface area (Å²) >= 11 is 0. The van der Waals surface area contributed by atoms with Crippen LogP contribution in [0.5, 0.6) is 11.5 Å². The highest BCUT2D eigenvalue weighted by molar-refractivity contribution is 6.33. The van der Waals surface area contributed by atoms with Gasteiger partial charge in [-0.15, -0.1) is 0 Å². The van der Waals surface area contributed by atoms with Crippen LogP contribution in [-0.4, -0.2) is 18.1 Å². The standard InChI is InChI=1S/C7H7BO2/c1-4-2-6(9)7(10)3-5(4)8/h2-3,9-10H,1H3. The molecule has 1 aromatic rings. The summed E-state index contributed by atoms with van der Waals surface area (Å²) in [5.74, 6) is -0.310. The number of aromatic hydroxyl groups is 2. The number of phenols is 2. The Morgan fingerprint density at radius 1 is 1.20 bits per heavy atom. The van der Waals surface area contributed by atoms with E-state index in [2.05, 4.69) is 0 Å². The molecule has 0 heterocycles.